The summed E-state index contributed by atoms with van der Waals surface area (Å²) in [5.74, 6) is -0.905. The Hall–Kier alpha value is -1.66. The first-order valence-electron chi connectivity index (χ1n) is 6.38. The molecule has 0 bridgehead atoms. The van der Waals surface area contributed by atoms with E-state index < -0.39 is 5.97 Å². The lowest BCUT2D eigenvalue weighted by Gasteiger charge is -2.34. The van der Waals surface area contributed by atoms with Crippen LogP contribution in [0.4, 0.5) is 0 Å². The van der Waals surface area contributed by atoms with Gasteiger partial charge in [-0.2, -0.15) is 5.10 Å². The molecule has 6 nitrogen and oxygen atoms in total. The minimum absolute atomic E-state index is 0.265. The quantitative estimate of drug-likeness (QED) is 0.769. The van der Waals surface area contributed by atoms with Crippen LogP contribution in [0.1, 0.15) is 5.56 Å². The van der Waals surface area contributed by atoms with E-state index in [1.54, 1.807) is 0 Å². The van der Waals surface area contributed by atoms with Crippen molar-refractivity contribution >= 4 is 5.97 Å². The molecule has 0 radical (unpaired) electrons. The van der Waals surface area contributed by atoms with Gasteiger partial charge in [-0.3, -0.25) is 14.5 Å². The molecule has 1 fully saturated rings. The number of hydrogen-bond donors (Lipinski definition) is 1. The highest BCUT2D eigenvalue weighted by Gasteiger charge is 2.19. The van der Waals surface area contributed by atoms with Crippen molar-refractivity contribution in [3.05, 3.63) is 30.1 Å². The molecule has 1 aliphatic rings. The molecule has 0 amide bonds. The Morgan fingerprint density at radius 3 is 2.53 bits per heavy atom. The third-order valence-corrected chi connectivity index (χ3v) is 3.35. The Morgan fingerprint density at radius 2 is 2.00 bits per heavy atom. The predicted octanol–water partition coefficient (Wildman–Crippen LogP) is 0.179. The minimum Gasteiger partial charge on any atom is -0.478 e. The molecule has 6 heteroatoms. The van der Waals surface area contributed by atoms with Crippen LogP contribution < -0.4 is 0 Å². The third-order valence-electron chi connectivity index (χ3n) is 3.35. The number of carboxylic acids is 1. The van der Waals surface area contributed by atoms with Crippen LogP contribution in [0.25, 0.3) is 0 Å². The van der Waals surface area contributed by atoms with E-state index >= 15 is 0 Å². The van der Waals surface area contributed by atoms with Gasteiger partial charge in [0.25, 0.3) is 0 Å². The van der Waals surface area contributed by atoms with Gasteiger partial charge in [0.2, 0.25) is 0 Å². The Balaban J connectivity index is 1.76. The van der Waals surface area contributed by atoms with Crippen molar-refractivity contribution in [2.75, 3.05) is 32.7 Å². The zero-order chi connectivity index (χ0) is 13.8. The zero-order valence-corrected chi connectivity index (χ0v) is 11.2. The molecular formula is C13H20N4O2. The van der Waals surface area contributed by atoms with Crippen molar-refractivity contribution in [1.29, 1.82) is 0 Å². The monoisotopic (exact) mass is 264 g/mol. The van der Waals surface area contributed by atoms with Crippen LogP contribution in [0, 0.1) is 0 Å². The Morgan fingerprint density at radius 1 is 1.37 bits per heavy atom. The van der Waals surface area contributed by atoms with Crippen LogP contribution in [0.15, 0.2) is 24.5 Å². The van der Waals surface area contributed by atoms with E-state index in [0.717, 1.165) is 32.7 Å². The number of carboxylic acid groups (broad SMARTS) is 1. The van der Waals surface area contributed by atoms with Crippen LogP contribution >= 0.6 is 0 Å². The van der Waals surface area contributed by atoms with E-state index in [2.05, 4.69) is 21.5 Å². The molecule has 2 heterocycles. The van der Waals surface area contributed by atoms with Gasteiger partial charge < -0.3 is 5.11 Å². The number of aliphatic carboxylic acids is 1. The molecule has 0 aromatic carbocycles. The molecule has 1 aromatic heterocycles. The van der Waals surface area contributed by atoms with E-state index in [9.17, 15) is 4.79 Å². The lowest BCUT2D eigenvalue weighted by Crippen LogP contribution is -2.46. The lowest BCUT2D eigenvalue weighted by molar-refractivity contribution is -0.132. The van der Waals surface area contributed by atoms with E-state index in [-0.39, 0.29) is 5.57 Å². The number of hydrogen-bond acceptors (Lipinski definition) is 4. The molecule has 2 rings (SSSR count). The summed E-state index contributed by atoms with van der Waals surface area (Å²) in [5.41, 5.74) is 1.48. The van der Waals surface area contributed by atoms with Gasteiger partial charge in [0.1, 0.15) is 0 Å². The van der Waals surface area contributed by atoms with Gasteiger partial charge in [-0.15, -0.1) is 0 Å². The number of aryl methyl sites for hydroxylation is 1. The average molecular weight is 264 g/mol. The second-order valence-electron chi connectivity index (χ2n) is 4.98. The molecular weight excluding hydrogens is 244 g/mol. The largest absolute Gasteiger partial charge is 0.478 e. The summed E-state index contributed by atoms with van der Waals surface area (Å²) >= 11 is 0. The average Bonchev–Trinajstić information content (AvgIpc) is 2.77. The summed E-state index contributed by atoms with van der Waals surface area (Å²) in [6.45, 7) is 8.59. The van der Waals surface area contributed by atoms with Crippen molar-refractivity contribution in [2.45, 2.75) is 6.54 Å². The van der Waals surface area contributed by atoms with Gasteiger partial charge >= 0.3 is 5.97 Å². The van der Waals surface area contributed by atoms with E-state index in [4.69, 9.17) is 5.11 Å². The maximum absolute atomic E-state index is 10.7. The number of aromatic nitrogens is 2. The van der Waals surface area contributed by atoms with Gasteiger partial charge in [-0.25, -0.2) is 4.79 Å². The van der Waals surface area contributed by atoms with E-state index in [1.807, 2.05) is 24.1 Å². The third kappa shape index (κ3) is 3.90. The van der Waals surface area contributed by atoms with Gasteiger partial charge in [0, 0.05) is 63.6 Å². The van der Waals surface area contributed by atoms with Crippen molar-refractivity contribution < 1.29 is 9.90 Å². The standard InChI is InChI=1S/C13H20N4O2/c1-11(13(18)19)8-16-3-5-17(6-4-16)10-12-7-14-15(2)9-12/h7,9H,1,3-6,8,10H2,2H3,(H,18,19). The Bertz CT molecular complexity index is 461. The molecule has 0 atom stereocenters. The molecule has 1 aromatic rings. The SMILES string of the molecule is C=C(CN1CCN(Cc2cnn(C)c2)CC1)C(=O)O. The second kappa shape index (κ2) is 5.99. The summed E-state index contributed by atoms with van der Waals surface area (Å²) in [7, 11) is 1.92. The van der Waals surface area contributed by atoms with Crippen LogP contribution in [-0.2, 0) is 18.4 Å². The lowest BCUT2D eigenvalue weighted by atomic mass is 10.2. The highest BCUT2D eigenvalue weighted by Crippen LogP contribution is 2.08. The maximum atomic E-state index is 10.7. The van der Waals surface area contributed by atoms with Crippen molar-refractivity contribution in [3.63, 3.8) is 0 Å². The first kappa shape index (κ1) is 13.8. The predicted molar refractivity (Wildman–Crippen MR) is 71.7 cm³/mol. The van der Waals surface area contributed by atoms with Crippen molar-refractivity contribution in [2.24, 2.45) is 7.05 Å². The number of nitrogens with zero attached hydrogens (tertiary/aromatic N) is 4. The fraction of sp³-hybridized carbons (Fsp3) is 0.538. The maximum Gasteiger partial charge on any atom is 0.332 e. The Labute approximate surface area is 112 Å². The summed E-state index contributed by atoms with van der Waals surface area (Å²) in [6.07, 6.45) is 3.91. The molecule has 1 saturated heterocycles. The summed E-state index contributed by atoms with van der Waals surface area (Å²) in [4.78, 5) is 15.2. The van der Waals surface area contributed by atoms with Crippen LogP contribution in [0.5, 0.6) is 0 Å². The molecule has 1 N–H and O–H groups in total. The van der Waals surface area contributed by atoms with Crippen LogP contribution in [-0.4, -0.2) is 63.4 Å². The van der Waals surface area contributed by atoms with Gasteiger partial charge in [-0.1, -0.05) is 6.58 Å². The molecule has 0 unspecified atom stereocenters. The first-order valence-corrected chi connectivity index (χ1v) is 6.38. The fourth-order valence-corrected chi connectivity index (χ4v) is 2.25. The van der Waals surface area contributed by atoms with Gasteiger partial charge in [0.05, 0.1) is 6.20 Å². The highest BCUT2D eigenvalue weighted by atomic mass is 16.4. The van der Waals surface area contributed by atoms with Gasteiger partial charge in [-0.05, 0) is 0 Å². The van der Waals surface area contributed by atoms with Crippen LogP contribution in [0.3, 0.4) is 0 Å². The number of piperazine rings is 1. The van der Waals surface area contributed by atoms with E-state index in [0.29, 0.717) is 6.54 Å². The number of rotatable bonds is 5. The Kier molecular flexibility index (Phi) is 4.34. The molecule has 1 aliphatic heterocycles. The fourth-order valence-electron chi connectivity index (χ4n) is 2.25. The second-order valence-corrected chi connectivity index (χ2v) is 4.98. The van der Waals surface area contributed by atoms with Crippen molar-refractivity contribution in [1.82, 2.24) is 19.6 Å². The minimum atomic E-state index is -0.905. The molecule has 0 spiro atoms. The normalized spacial score (nSPS) is 17.5. The number of carbonyl (C=O) groups is 1. The van der Waals surface area contributed by atoms with Gasteiger partial charge in [0.15, 0.2) is 0 Å². The van der Waals surface area contributed by atoms with E-state index in [1.165, 1.54) is 5.56 Å². The van der Waals surface area contributed by atoms with Crippen molar-refractivity contribution in [3.8, 4) is 0 Å². The summed E-state index contributed by atoms with van der Waals surface area (Å²) in [6, 6.07) is 0. The zero-order valence-electron chi connectivity index (χ0n) is 11.2. The highest BCUT2D eigenvalue weighted by molar-refractivity contribution is 5.86. The molecule has 19 heavy (non-hydrogen) atoms. The molecule has 104 valence electrons. The topological polar surface area (TPSA) is 61.6 Å². The first-order chi connectivity index (χ1) is 9.04. The summed E-state index contributed by atoms with van der Waals surface area (Å²) in [5, 5.41) is 13.0. The smallest absolute Gasteiger partial charge is 0.332 e. The molecule has 0 aliphatic carbocycles. The molecule has 0 saturated carbocycles. The summed E-state index contributed by atoms with van der Waals surface area (Å²) < 4.78 is 1.81. The van der Waals surface area contributed by atoms with Crippen LogP contribution in [0.2, 0.25) is 0 Å².